The number of methoxy groups -OCH3 is 1. The van der Waals surface area contributed by atoms with Gasteiger partial charge in [0.1, 0.15) is 11.4 Å². The van der Waals surface area contributed by atoms with E-state index in [9.17, 15) is 4.79 Å². The number of carbonyl (C=O) groups is 1. The third-order valence-corrected chi connectivity index (χ3v) is 3.45. The number of amides is 1. The Bertz CT molecular complexity index is 702. The SMILES string of the molecule is COc1ccccc1-c1ncn(C)c1CCNC(=O)OC(C)(C)C. The van der Waals surface area contributed by atoms with Gasteiger partial charge < -0.3 is 19.4 Å². The topological polar surface area (TPSA) is 65.4 Å². The largest absolute Gasteiger partial charge is 0.496 e. The van der Waals surface area contributed by atoms with Gasteiger partial charge in [-0.3, -0.25) is 0 Å². The maximum atomic E-state index is 11.8. The molecular weight excluding hydrogens is 306 g/mol. The maximum absolute atomic E-state index is 11.8. The van der Waals surface area contributed by atoms with Crippen molar-refractivity contribution in [3.05, 3.63) is 36.3 Å². The number of hydrogen-bond donors (Lipinski definition) is 1. The lowest BCUT2D eigenvalue weighted by molar-refractivity contribution is 0.0528. The van der Waals surface area contributed by atoms with E-state index in [1.165, 1.54) is 0 Å². The number of hydrogen-bond acceptors (Lipinski definition) is 4. The highest BCUT2D eigenvalue weighted by Gasteiger charge is 2.17. The van der Waals surface area contributed by atoms with E-state index in [4.69, 9.17) is 9.47 Å². The molecule has 2 aromatic rings. The summed E-state index contributed by atoms with van der Waals surface area (Å²) in [7, 11) is 3.58. The van der Waals surface area contributed by atoms with E-state index >= 15 is 0 Å². The summed E-state index contributed by atoms with van der Waals surface area (Å²) in [5, 5.41) is 2.78. The Morgan fingerprint density at radius 3 is 2.67 bits per heavy atom. The standard InChI is InChI=1S/C18H25N3O3/c1-18(2,3)24-17(22)19-11-10-14-16(20-12-21(14)4)13-8-6-7-9-15(13)23-5/h6-9,12H,10-11H2,1-5H3,(H,19,22). The minimum Gasteiger partial charge on any atom is -0.496 e. The number of rotatable bonds is 5. The molecule has 0 bridgehead atoms. The van der Waals surface area contributed by atoms with Gasteiger partial charge in [-0.25, -0.2) is 9.78 Å². The van der Waals surface area contributed by atoms with Crippen molar-refractivity contribution >= 4 is 6.09 Å². The fourth-order valence-corrected chi connectivity index (χ4v) is 2.41. The predicted octanol–water partition coefficient (Wildman–Crippen LogP) is 3.16. The molecule has 0 aliphatic rings. The molecule has 1 aromatic heterocycles. The third kappa shape index (κ3) is 4.50. The fourth-order valence-electron chi connectivity index (χ4n) is 2.41. The van der Waals surface area contributed by atoms with Gasteiger partial charge in [0.05, 0.1) is 19.1 Å². The molecule has 6 nitrogen and oxygen atoms in total. The molecule has 0 atom stereocenters. The molecule has 0 aliphatic carbocycles. The van der Waals surface area contributed by atoms with Gasteiger partial charge in [-0.15, -0.1) is 0 Å². The summed E-state index contributed by atoms with van der Waals surface area (Å²) in [5.74, 6) is 0.776. The highest BCUT2D eigenvalue weighted by atomic mass is 16.6. The van der Waals surface area contributed by atoms with Crippen LogP contribution in [-0.4, -0.2) is 34.9 Å². The molecule has 1 heterocycles. The lowest BCUT2D eigenvalue weighted by atomic mass is 10.1. The number of ether oxygens (including phenoxy) is 2. The average molecular weight is 331 g/mol. The van der Waals surface area contributed by atoms with Crippen LogP contribution in [0.3, 0.4) is 0 Å². The number of para-hydroxylation sites is 1. The van der Waals surface area contributed by atoms with E-state index < -0.39 is 11.7 Å². The number of aromatic nitrogens is 2. The van der Waals surface area contributed by atoms with E-state index in [1.54, 1.807) is 13.4 Å². The molecule has 0 radical (unpaired) electrons. The maximum Gasteiger partial charge on any atom is 0.407 e. The Morgan fingerprint density at radius 2 is 2.00 bits per heavy atom. The van der Waals surface area contributed by atoms with Crippen LogP contribution in [0.25, 0.3) is 11.3 Å². The quantitative estimate of drug-likeness (QED) is 0.914. The van der Waals surface area contributed by atoms with Crippen LogP contribution in [0.2, 0.25) is 0 Å². The van der Waals surface area contributed by atoms with Crippen LogP contribution in [0.1, 0.15) is 26.5 Å². The molecule has 6 heteroatoms. The predicted molar refractivity (Wildman–Crippen MR) is 93.1 cm³/mol. The number of benzene rings is 1. The molecule has 0 aliphatic heterocycles. The van der Waals surface area contributed by atoms with Gasteiger partial charge in [0.25, 0.3) is 0 Å². The second kappa shape index (κ2) is 7.38. The molecule has 0 unspecified atom stereocenters. The molecular formula is C18H25N3O3. The Kier molecular flexibility index (Phi) is 5.49. The average Bonchev–Trinajstić information content (AvgIpc) is 2.86. The van der Waals surface area contributed by atoms with Crippen molar-refractivity contribution in [2.45, 2.75) is 32.8 Å². The molecule has 0 spiro atoms. The Labute approximate surface area is 142 Å². The number of aryl methyl sites for hydroxylation is 1. The number of alkyl carbamates (subject to hydrolysis) is 1. The molecule has 24 heavy (non-hydrogen) atoms. The summed E-state index contributed by atoms with van der Waals surface area (Å²) >= 11 is 0. The molecule has 0 fully saturated rings. The Balaban J connectivity index is 2.09. The first kappa shape index (κ1) is 17.8. The molecule has 1 aromatic carbocycles. The normalized spacial score (nSPS) is 11.2. The van der Waals surface area contributed by atoms with Crippen LogP contribution < -0.4 is 10.1 Å². The molecule has 130 valence electrons. The first-order valence-corrected chi connectivity index (χ1v) is 7.92. The Hall–Kier alpha value is -2.50. The third-order valence-electron chi connectivity index (χ3n) is 3.45. The van der Waals surface area contributed by atoms with Gasteiger partial charge >= 0.3 is 6.09 Å². The number of imidazole rings is 1. The summed E-state index contributed by atoms with van der Waals surface area (Å²) in [6, 6.07) is 7.77. The molecule has 0 saturated carbocycles. The summed E-state index contributed by atoms with van der Waals surface area (Å²) in [6.45, 7) is 5.99. The van der Waals surface area contributed by atoms with Crippen molar-refractivity contribution in [2.24, 2.45) is 7.05 Å². The van der Waals surface area contributed by atoms with Crippen molar-refractivity contribution in [2.75, 3.05) is 13.7 Å². The van der Waals surface area contributed by atoms with Crippen molar-refractivity contribution in [1.29, 1.82) is 0 Å². The first-order chi connectivity index (χ1) is 11.3. The monoisotopic (exact) mass is 331 g/mol. The second-order valence-electron chi connectivity index (χ2n) is 6.53. The minimum absolute atomic E-state index is 0.413. The van der Waals surface area contributed by atoms with Crippen LogP contribution >= 0.6 is 0 Å². The zero-order valence-corrected chi connectivity index (χ0v) is 14.9. The van der Waals surface area contributed by atoms with E-state index in [0.29, 0.717) is 13.0 Å². The van der Waals surface area contributed by atoms with Crippen LogP contribution in [0.5, 0.6) is 5.75 Å². The van der Waals surface area contributed by atoms with Gasteiger partial charge in [-0.1, -0.05) is 12.1 Å². The van der Waals surface area contributed by atoms with Crippen LogP contribution in [0.4, 0.5) is 4.79 Å². The zero-order valence-electron chi connectivity index (χ0n) is 14.9. The van der Waals surface area contributed by atoms with Crippen LogP contribution in [0, 0.1) is 0 Å². The van der Waals surface area contributed by atoms with Crippen molar-refractivity contribution in [3.8, 4) is 17.0 Å². The van der Waals surface area contributed by atoms with E-state index in [2.05, 4.69) is 10.3 Å². The summed E-state index contributed by atoms with van der Waals surface area (Å²) in [6.07, 6.45) is 2.00. The summed E-state index contributed by atoms with van der Waals surface area (Å²) in [4.78, 5) is 16.2. The number of nitrogens with one attached hydrogen (secondary N) is 1. The first-order valence-electron chi connectivity index (χ1n) is 7.92. The van der Waals surface area contributed by atoms with E-state index in [0.717, 1.165) is 22.7 Å². The molecule has 2 rings (SSSR count). The molecule has 0 saturated heterocycles. The van der Waals surface area contributed by atoms with E-state index in [-0.39, 0.29) is 0 Å². The van der Waals surface area contributed by atoms with Gasteiger partial charge in [0.15, 0.2) is 0 Å². The van der Waals surface area contributed by atoms with Crippen molar-refractivity contribution < 1.29 is 14.3 Å². The van der Waals surface area contributed by atoms with Crippen LogP contribution in [-0.2, 0) is 18.2 Å². The van der Waals surface area contributed by atoms with Gasteiger partial charge in [-0.2, -0.15) is 0 Å². The minimum atomic E-state index is -0.501. The fraction of sp³-hybridized carbons (Fsp3) is 0.444. The Morgan fingerprint density at radius 1 is 1.29 bits per heavy atom. The number of nitrogens with zero attached hydrogens (tertiary/aromatic N) is 2. The summed E-state index contributed by atoms with van der Waals surface area (Å²) < 4.78 is 12.6. The van der Waals surface area contributed by atoms with E-state index in [1.807, 2.05) is 56.7 Å². The lowest BCUT2D eigenvalue weighted by Crippen LogP contribution is -2.33. The van der Waals surface area contributed by atoms with Gasteiger partial charge in [-0.05, 0) is 32.9 Å². The zero-order chi connectivity index (χ0) is 17.7. The van der Waals surface area contributed by atoms with Crippen molar-refractivity contribution in [1.82, 2.24) is 14.9 Å². The van der Waals surface area contributed by atoms with Crippen LogP contribution in [0.15, 0.2) is 30.6 Å². The highest BCUT2D eigenvalue weighted by Crippen LogP contribution is 2.30. The van der Waals surface area contributed by atoms with Gasteiger partial charge in [0.2, 0.25) is 0 Å². The smallest absolute Gasteiger partial charge is 0.407 e. The second-order valence-corrected chi connectivity index (χ2v) is 6.53. The summed E-state index contributed by atoms with van der Waals surface area (Å²) in [5.41, 5.74) is 2.32. The van der Waals surface area contributed by atoms with Crippen molar-refractivity contribution in [3.63, 3.8) is 0 Å². The lowest BCUT2D eigenvalue weighted by Gasteiger charge is -2.19. The van der Waals surface area contributed by atoms with Gasteiger partial charge in [0, 0.05) is 31.3 Å². The molecule has 1 amide bonds. The number of carbonyl (C=O) groups excluding carboxylic acids is 1. The molecule has 1 N–H and O–H groups in total. The highest BCUT2D eigenvalue weighted by molar-refractivity contribution is 5.70.